The quantitative estimate of drug-likeness (QED) is 0.766. The molecule has 0 aromatic heterocycles. The molecule has 2 rings (SSSR count). The summed E-state index contributed by atoms with van der Waals surface area (Å²) < 4.78 is 24.6. The fourth-order valence-electron chi connectivity index (χ4n) is 1.93. The molecule has 0 N–H and O–H groups in total. The van der Waals surface area contributed by atoms with Gasteiger partial charge in [-0.15, -0.1) is 0 Å². The molecule has 0 unspecified atom stereocenters. The molecule has 0 spiro atoms. The van der Waals surface area contributed by atoms with Crippen LogP contribution in [0.4, 0.5) is 4.39 Å². The number of ether oxygens (including phenoxy) is 2. The SMILES string of the molecule is COc1ccc(CN(C)C(=O)COc2ccc(Br)cc2F)cc1. The van der Waals surface area contributed by atoms with Gasteiger partial charge in [-0.3, -0.25) is 4.79 Å². The molecular formula is C17H17BrFNO3. The van der Waals surface area contributed by atoms with Gasteiger partial charge in [-0.2, -0.15) is 0 Å². The van der Waals surface area contributed by atoms with Gasteiger partial charge in [0, 0.05) is 18.1 Å². The number of halogens is 2. The number of methoxy groups -OCH3 is 1. The lowest BCUT2D eigenvalue weighted by molar-refractivity contribution is -0.132. The summed E-state index contributed by atoms with van der Waals surface area (Å²) in [6, 6.07) is 11.9. The third-order valence-corrected chi connectivity index (χ3v) is 3.74. The molecule has 122 valence electrons. The highest BCUT2D eigenvalue weighted by Gasteiger charge is 2.12. The highest BCUT2D eigenvalue weighted by molar-refractivity contribution is 9.10. The van der Waals surface area contributed by atoms with Crippen LogP contribution >= 0.6 is 15.9 Å². The maximum Gasteiger partial charge on any atom is 0.260 e. The van der Waals surface area contributed by atoms with E-state index in [1.54, 1.807) is 20.2 Å². The second-order valence-corrected chi connectivity index (χ2v) is 5.88. The number of hydrogen-bond acceptors (Lipinski definition) is 3. The Balaban J connectivity index is 1.89. The van der Waals surface area contributed by atoms with Crippen LogP contribution in [0, 0.1) is 5.82 Å². The molecule has 0 aliphatic rings. The number of benzene rings is 2. The number of carbonyl (C=O) groups excluding carboxylic acids is 1. The van der Waals surface area contributed by atoms with Crippen LogP contribution in [0.25, 0.3) is 0 Å². The Kier molecular flexibility index (Phi) is 5.98. The third-order valence-electron chi connectivity index (χ3n) is 3.25. The predicted octanol–water partition coefficient (Wildman–Crippen LogP) is 3.63. The summed E-state index contributed by atoms with van der Waals surface area (Å²) in [7, 11) is 3.27. The fraction of sp³-hybridized carbons (Fsp3) is 0.235. The van der Waals surface area contributed by atoms with Crippen molar-refractivity contribution in [2.24, 2.45) is 0 Å². The van der Waals surface area contributed by atoms with Crippen molar-refractivity contribution in [3.63, 3.8) is 0 Å². The van der Waals surface area contributed by atoms with Gasteiger partial charge in [-0.1, -0.05) is 28.1 Å². The predicted molar refractivity (Wildman–Crippen MR) is 89.1 cm³/mol. The monoisotopic (exact) mass is 381 g/mol. The minimum absolute atomic E-state index is 0.0550. The molecule has 0 aliphatic carbocycles. The van der Waals surface area contributed by atoms with Gasteiger partial charge in [0.2, 0.25) is 0 Å². The van der Waals surface area contributed by atoms with Crippen LogP contribution in [0.1, 0.15) is 5.56 Å². The van der Waals surface area contributed by atoms with Gasteiger partial charge in [0.1, 0.15) is 5.75 Å². The molecule has 2 aromatic carbocycles. The van der Waals surface area contributed by atoms with E-state index in [0.717, 1.165) is 11.3 Å². The molecule has 6 heteroatoms. The zero-order valence-electron chi connectivity index (χ0n) is 12.9. The van der Waals surface area contributed by atoms with Crippen LogP contribution in [-0.4, -0.2) is 31.6 Å². The van der Waals surface area contributed by atoms with Crippen molar-refractivity contribution in [1.82, 2.24) is 4.90 Å². The van der Waals surface area contributed by atoms with Gasteiger partial charge < -0.3 is 14.4 Å². The van der Waals surface area contributed by atoms with E-state index in [-0.39, 0.29) is 18.3 Å². The molecule has 4 nitrogen and oxygen atoms in total. The van der Waals surface area contributed by atoms with Gasteiger partial charge in [-0.25, -0.2) is 4.39 Å². The van der Waals surface area contributed by atoms with E-state index in [1.807, 2.05) is 24.3 Å². The molecular weight excluding hydrogens is 365 g/mol. The maximum atomic E-state index is 13.6. The molecule has 0 atom stereocenters. The summed E-state index contributed by atoms with van der Waals surface area (Å²) in [5, 5.41) is 0. The van der Waals surface area contributed by atoms with Crippen LogP contribution in [0.15, 0.2) is 46.9 Å². The van der Waals surface area contributed by atoms with Crippen LogP contribution in [0.2, 0.25) is 0 Å². The van der Waals surface area contributed by atoms with Crippen molar-refractivity contribution < 1.29 is 18.7 Å². The summed E-state index contributed by atoms with van der Waals surface area (Å²) in [6.07, 6.45) is 0. The van der Waals surface area contributed by atoms with E-state index in [1.165, 1.54) is 17.0 Å². The van der Waals surface area contributed by atoms with Crippen molar-refractivity contribution in [1.29, 1.82) is 0 Å². The van der Waals surface area contributed by atoms with Crippen molar-refractivity contribution in [2.75, 3.05) is 20.8 Å². The van der Waals surface area contributed by atoms with Crippen molar-refractivity contribution in [2.45, 2.75) is 6.54 Å². The van der Waals surface area contributed by atoms with E-state index < -0.39 is 5.82 Å². The summed E-state index contributed by atoms with van der Waals surface area (Å²) >= 11 is 3.17. The van der Waals surface area contributed by atoms with Crippen molar-refractivity contribution in [3.8, 4) is 11.5 Å². The summed E-state index contributed by atoms with van der Waals surface area (Å²) in [5.41, 5.74) is 0.969. The molecule has 0 saturated carbocycles. The smallest absolute Gasteiger partial charge is 0.260 e. The first kappa shape index (κ1) is 17.3. The third kappa shape index (κ3) is 4.96. The highest BCUT2D eigenvalue weighted by Crippen LogP contribution is 2.21. The Morgan fingerprint density at radius 2 is 1.91 bits per heavy atom. The van der Waals surface area contributed by atoms with Crippen LogP contribution in [-0.2, 0) is 11.3 Å². The van der Waals surface area contributed by atoms with E-state index in [0.29, 0.717) is 11.0 Å². The Morgan fingerprint density at radius 1 is 1.22 bits per heavy atom. The van der Waals surface area contributed by atoms with Crippen LogP contribution < -0.4 is 9.47 Å². The highest BCUT2D eigenvalue weighted by atomic mass is 79.9. The van der Waals surface area contributed by atoms with Crippen molar-refractivity contribution >= 4 is 21.8 Å². The van der Waals surface area contributed by atoms with E-state index in [4.69, 9.17) is 9.47 Å². The lowest BCUT2D eigenvalue weighted by atomic mass is 10.2. The number of likely N-dealkylation sites (N-methyl/N-ethyl adjacent to an activating group) is 1. The fourth-order valence-corrected chi connectivity index (χ4v) is 2.27. The number of nitrogens with zero attached hydrogens (tertiary/aromatic N) is 1. The normalized spacial score (nSPS) is 10.3. The minimum atomic E-state index is -0.509. The molecule has 0 heterocycles. The molecule has 2 aromatic rings. The second-order valence-electron chi connectivity index (χ2n) is 4.96. The standard InChI is InChI=1S/C17H17BrFNO3/c1-20(10-12-3-6-14(22-2)7-4-12)17(21)11-23-16-8-5-13(18)9-15(16)19/h3-9H,10-11H2,1-2H3. The second kappa shape index (κ2) is 7.97. The zero-order valence-corrected chi connectivity index (χ0v) is 14.5. The molecule has 0 bridgehead atoms. The Labute approximate surface area is 142 Å². The van der Waals surface area contributed by atoms with Gasteiger partial charge in [0.25, 0.3) is 5.91 Å². The van der Waals surface area contributed by atoms with E-state index >= 15 is 0 Å². The molecule has 23 heavy (non-hydrogen) atoms. The first-order chi connectivity index (χ1) is 11.0. The topological polar surface area (TPSA) is 38.8 Å². The molecule has 0 fully saturated rings. The van der Waals surface area contributed by atoms with Gasteiger partial charge in [-0.05, 0) is 35.9 Å². The van der Waals surface area contributed by atoms with E-state index in [9.17, 15) is 9.18 Å². The molecule has 0 aliphatic heterocycles. The van der Waals surface area contributed by atoms with Gasteiger partial charge >= 0.3 is 0 Å². The zero-order chi connectivity index (χ0) is 16.8. The van der Waals surface area contributed by atoms with Gasteiger partial charge in [0.15, 0.2) is 18.2 Å². The Hall–Kier alpha value is -2.08. The van der Waals surface area contributed by atoms with Crippen LogP contribution in [0.5, 0.6) is 11.5 Å². The average molecular weight is 382 g/mol. The van der Waals surface area contributed by atoms with Gasteiger partial charge in [0.05, 0.1) is 7.11 Å². The number of rotatable bonds is 6. The molecule has 0 radical (unpaired) electrons. The van der Waals surface area contributed by atoms with E-state index in [2.05, 4.69) is 15.9 Å². The minimum Gasteiger partial charge on any atom is -0.497 e. The lowest BCUT2D eigenvalue weighted by Gasteiger charge is -2.18. The first-order valence-electron chi connectivity index (χ1n) is 6.94. The Morgan fingerprint density at radius 3 is 2.52 bits per heavy atom. The Bertz CT molecular complexity index is 676. The van der Waals surface area contributed by atoms with Crippen LogP contribution in [0.3, 0.4) is 0 Å². The first-order valence-corrected chi connectivity index (χ1v) is 7.73. The summed E-state index contributed by atoms with van der Waals surface area (Å²) in [4.78, 5) is 13.6. The summed E-state index contributed by atoms with van der Waals surface area (Å²) in [5.74, 6) is 0.0734. The number of hydrogen-bond donors (Lipinski definition) is 0. The maximum absolute atomic E-state index is 13.6. The van der Waals surface area contributed by atoms with Crippen molar-refractivity contribution in [3.05, 3.63) is 58.3 Å². The molecule has 0 saturated heterocycles. The largest absolute Gasteiger partial charge is 0.497 e. The number of carbonyl (C=O) groups is 1. The lowest BCUT2D eigenvalue weighted by Crippen LogP contribution is -2.31. The average Bonchev–Trinajstić information content (AvgIpc) is 2.54. The molecule has 1 amide bonds. The number of amides is 1. The summed E-state index contributed by atoms with van der Waals surface area (Å²) in [6.45, 7) is 0.222.